The van der Waals surface area contributed by atoms with Crippen LogP contribution in [0.5, 0.6) is 0 Å². The highest BCUT2D eigenvalue weighted by Gasteiger charge is 2.20. The second-order valence-electron chi connectivity index (χ2n) is 5.30. The van der Waals surface area contributed by atoms with Crippen molar-refractivity contribution in [1.29, 1.82) is 0 Å². The Morgan fingerprint density at radius 2 is 2.12 bits per heavy atom. The fourth-order valence-corrected chi connectivity index (χ4v) is 2.35. The summed E-state index contributed by atoms with van der Waals surface area (Å²) < 4.78 is 5.41. The fourth-order valence-electron chi connectivity index (χ4n) is 2.35. The van der Waals surface area contributed by atoms with E-state index in [2.05, 4.69) is 4.98 Å². The predicted octanol–water partition coefficient (Wildman–Crippen LogP) is 3.49. The van der Waals surface area contributed by atoms with E-state index in [0.29, 0.717) is 18.2 Å². The van der Waals surface area contributed by atoms with E-state index in [0.717, 1.165) is 5.69 Å². The molecular formula is C14H21NO2. The first-order valence-corrected chi connectivity index (χ1v) is 6.64. The van der Waals surface area contributed by atoms with Crippen molar-refractivity contribution in [2.75, 3.05) is 0 Å². The van der Waals surface area contributed by atoms with Gasteiger partial charge in [0.05, 0.1) is 12.1 Å². The number of hydrogen-bond acceptors (Lipinski definition) is 3. The Balaban J connectivity index is 1.97. The van der Waals surface area contributed by atoms with E-state index in [9.17, 15) is 4.79 Å². The summed E-state index contributed by atoms with van der Waals surface area (Å²) >= 11 is 0. The van der Waals surface area contributed by atoms with Crippen LogP contribution in [0.4, 0.5) is 0 Å². The van der Waals surface area contributed by atoms with Crippen LogP contribution in [0.25, 0.3) is 0 Å². The van der Waals surface area contributed by atoms with Crippen LogP contribution in [0.1, 0.15) is 63.5 Å². The Hall–Kier alpha value is -1.12. The van der Waals surface area contributed by atoms with Crippen LogP contribution < -0.4 is 0 Å². The highest BCUT2D eigenvalue weighted by molar-refractivity contribution is 5.81. The van der Waals surface area contributed by atoms with Gasteiger partial charge in [-0.2, -0.15) is 0 Å². The van der Waals surface area contributed by atoms with Crippen LogP contribution in [0.3, 0.4) is 0 Å². The molecule has 17 heavy (non-hydrogen) atoms. The molecule has 0 saturated heterocycles. The minimum atomic E-state index is 0.0556. The Bertz CT molecular complexity index is 375. The zero-order valence-electron chi connectivity index (χ0n) is 10.7. The van der Waals surface area contributed by atoms with Gasteiger partial charge in [-0.3, -0.25) is 4.79 Å². The normalized spacial score (nSPS) is 17.6. The monoisotopic (exact) mass is 235 g/mol. The highest BCUT2D eigenvalue weighted by Crippen LogP contribution is 2.32. The lowest BCUT2D eigenvalue weighted by atomic mass is 9.87. The average Bonchev–Trinajstić information content (AvgIpc) is 2.78. The molecule has 0 bridgehead atoms. The molecule has 1 aliphatic carbocycles. The van der Waals surface area contributed by atoms with Gasteiger partial charge in [-0.15, -0.1) is 0 Å². The minimum absolute atomic E-state index is 0.0556. The summed E-state index contributed by atoms with van der Waals surface area (Å²) in [5, 5.41) is 0. The number of rotatable bonds is 4. The molecule has 0 aromatic carbocycles. The van der Waals surface area contributed by atoms with Crippen LogP contribution >= 0.6 is 0 Å². The molecule has 0 amide bonds. The molecule has 1 aromatic heterocycles. The first kappa shape index (κ1) is 12.3. The van der Waals surface area contributed by atoms with Gasteiger partial charge >= 0.3 is 0 Å². The Morgan fingerprint density at radius 3 is 2.76 bits per heavy atom. The molecule has 0 spiro atoms. The van der Waals surface area contributed by atoms with Crippen LogP contribution in [0, 0.1) is 5.92 Å². The standard InChI is InChI=1S/C14H21NO2/c1-10(2)13(16)8-14-15-12(9-17-14)11-6-4-3-5-7-11/h9-11H,3-8H2,1-2H3. The quantitative estimate of drug-likeness (QED) is 0.802. The highest BCUT2D eigenvalue weighted by atomic mass is 16.3. The molecule has 1 heterocycles. The first-order chi connectivity index (χ1) is 8.16. The van der Waals surface area contributed by atoms with Crippen molar-refractivity contribution in [3.63, 3.8) is 0 Å². The third-order valence-electron chi connectivity index (χ3n) is 3.56. The summed E-state index contributed by atoms with van der Waals surface area (Å²) in [7, 11) is 0. The number of Topliss-reactive ketones (excluding diaryl/α,β-unsaturated/α-hetero) is 1. The van der Waals surface area contributed by atoms with Gasteiger partial charge in [0.25, 0.3) is 0 Å². The SMILES string of the molecule is CC(C)C(=O)Cc1nc(C2CCCCC2)co1. The van der Waals surface area contributed by atoms with E-state index in [-0.39, 0.29) is 11.7 Å². The van der Waals surface area contributed by atoms with E-state index >= 15 is 0 Å². The summed E-state index contributed by atoms with van der Waals surface area (Å²) in [5.74, 6) is 1.39. The molecule has 1 fully saturated rings. The van der Waals surface area contributed by atoms with E-state index in [1.165, 1.54) is 32.1 Å². The molecule has 3 heteroatoms. The maximum Gasteiger partial charge on any atom is 0.201 e. The second-order valence-corrected chi connectivity index (χ2v) is 5.30. The summed E-state index contributed by atoms with van der Waals surface area (Å²) in [4.78, 5) is 16.1. The van der Waals surface area contributed by atoms with Crippen molar-refractivity contribution in [2.24, 2.45) is 5.92 Å². The number of carbonyl (C=O) groups is 1. The molecule has 94 valence electrons. The molecule has 0 aliphatic heterocycles. The van der Waals surface area contributed by atoms with Gasteiger partial charge in [-0.05, 0) is 12.8 Å². The van der Waals surface area contributed by atoms with Gasteiger partial charge in [0.1, 0.15) is 12.0 Å². The maximum absolute atomic E-state index is 11.6. The van der Waals surface area contributed by atoms with E-state index in [1.54, 1.807) is 6.26 Å². The zero-order chi connectivity index (χ0) is 12.3. The van der Waals surface area contributed by atoms with Crippen molar-refractivity contribution < 1.29 is 9.21 Å². The number of carbonyl (C=O) groups excluding carboxylic acids is 1. The van der Waals surface area contributed by atoms with Gasteiger partial charge < -0.3 is 4.42 Å². The summed E-state index contributed by atoms with van der Waals surface area (Å²) in [6, 6.07) is 0. The van der Waals surface area contributed by atoms with Gasteiger partial charge in [0.2, 0.25) is 5.89 Å². The van der Waals surface area contributed by atoms with Crippen molar-refractivity contribution in [2.45, 2.75) is 58.3 Å². The van der Waals surface area contributed by atoms with Gasteiger partial charge in [0.15, 0.2) is 0 Å². The number of hydrogen-bond donors (Lipinski definition) is 0. The number of aromatic nitrogens is 1. The number of oxazole rings is 1. The van der Waals surface area contributed by atoms with Crippen LogP contribution in [0.15, 0.2) is 10.7 Å². The molecule has 1 saturated carbocycles. The number of ketones is 1. The summed E-state index contributed by atoms with van der Waals surface area (Å²) in [5.41, 5.74) is 1.05. The van der Waals surface area contributed by atoms with Crippen LogP contribution in [-0.2, 0) is 11.2 Å². The Morgan fingerprint density at radius 1 is 1.41 bits per heavy atom. The lowest BCUT2D eigenvalue weighted by Crippen LogP contribution is -2.11. The van der Waals surface area contributed by atoms with E-state index < -0.39 is 0 Å². The van der Waals surface area contributed by atoms with Crippen molar-refractivity contribution >= 4 is 5.78 Å². The molecule has 1 aromatic rings. The smallest absolute Gasteiger partial charge is 0.201 e. The van der Waals surface area contributed by atoms with E-state index in [4.69, 9.17) is 4.42 Å². The largest absolute Gasteiger partial charge is 0.448 e. The molecule has 0 N–H and O–H groups in total. The molecule has 2 rings (SSSR count). The third kappa shape index (κ3) is 3.18. The fraction of sp³-hybridized carbons (Fsp3) is 0.714. The van der Waals surface area contributed by atoms with Crippen molar-refractivity contribution in [3.8, 4) is 0 Å². The van der Waals surface area contributed by atoms with Crippen LogP contribution in [0.2, 0.25) is 0 Å². The molecule has 0 atom stereocenters. The van der Waals surface area contributed by atoms with Crippen molar-refractivity contribution in [3.05, 3.63) is 17.8 Å². The minimum Gasteiger partial charge on any atom is -0.448 e. The van der Waals surface area contributed by atoms with Gasteiger partial charge in [0, 0.05) is 11.8 Å². The van der Waals surface area contributed by atoms with Crippen LogP contribution in [-0.4, -0.2) is 10.8 Å². The molecular weight excluding hydrogens is 214 g/mol. The molecule has 0 radical (unpaired) electrons. The lowest BCUT2D eigenvalue weighted by molar-refractivity contribution is -0.121. The molecule has 0 unspecified atom stereocenters. The van der Waals surface area contributed by atoms with Gasteiger partial charge in [-0.1, -0.05) is 33.1 Å². The first-order valence-electron chi connectivity index (χ1n) is 6.64. The topological polar surface area (TPSA) is 43.1 Å². The molecule has 3 nitrogen and oxygen atoms in total. The third-order valence-corrected chi connectivity index (χ3v) is 3.56. The van der Waals surface area contributed by atoms with E-state index in [1.807, 2.05) is 13.8 Å². The zero-order valence-corrected chi connectivity index (χ0v) is 10.7. The maximum atomic E-state index is 11.6. The second kappa shape index (κ2) is 5.48. The average molecular weight is 235 g/mol. The lowest BCUT2D eigenvalue weighted by Gasteiger charge is -2.18. The molecule has 1 aliphatic rings. The Labute approximate surface area is 103 Å². The summed E-state index contributed by atoms with van der Waals surface area (Å²) in [6.45, 7) is 3.82. The van der Waals surface area contributed by atoms with Crippen molar-refractivity contribution in [1.82, 2.24) is 4.98 Å². The summed E-state index contributed by atoms with van der Waals surface area (Å²) in [6.07, 6.45) is 8.43. The van der Waals surface area contributed by atoms with Gasteiger partial charge in [-0.25, -0.2) is 4.98 Å². The Kier molecular flexibility index (Phi) is 3.97. The number of nitrogens with zero attached hydrogens (tertiary/aromatic N) is 1. The predicted molar refractivity (Wildman–Crippen MR) is 65.9 cm³/mol.